The van der Waals surface area contributed by atoms with Gasteiger partial charge >= 0.3 is 0 Å². The highest BCUT2D eigenvalue weighted by Crippen LogP contribution is 2.35. The number of methoxy groups -OCH3 is 1. The average molecular weight is 339 g/mol. The molecular weight excluding hydrogens is 316 g/mol. The molecule has 0 aromatic heterocycles. The Morgan fingerprint density at radius 1 is 1.15 bits per heavy atom. The Morgan fingerprint density at radius 3 is 2.60 bits per heavy atom. The molecule has 0 spiro atoms. The van der Waals surface area contributed by atoms with Crippen molar-refractivity contribution in [2.24, 2.45) is 0 Å². The van der Waals surface area contributed by atoms with Gasteiger partial charge in [0.25, 0.3) is 0 Å². The number of fused-ring (bicyclic) bond motifs is 1. The summed E-state index contributed by atoms with van der Waals surface area (Å²) in [5, 5.41) is 0. The van der Waals surface area contributed by atoms with E-state index in [9.17, 15) is 0 Å². The van der Waals surface area contributed by atoms with E-state index >= 15 is 0 Å². The smallest absolute Gasteiger partial charge is 0.123 e. The molecule has 110 valence electrons. The zero-order chi connectivity index (χ0) is 14.1. The van der Waals surface area contributed by atoms with Gasteiger partial charge in [-0.25, -0.2) is 0 Å². The number of hydrogen-bond donors (Lipinski definition) is 0. The molecule has 0 radical (unpaired) electrons. The zero-order valence-corrected chi connectivity index (χ0v) is 13.9. The lowest BCUT2D eigenvalue weighted by atomic mass is 9.95. The van der Waals surface area contributed by atoms with E-state index in [1.807, 2.05) is 0 Å². The van der Waals surface area contributed by atoms with Crippen LogP contribution in [0.5, 0.6) is 5.75 Å². The van der Waals surface area contributed by atoms with Crippen LogP contribution in [0.1, 0.15) is 24.0 Å². The second-order valence-electron chi connectivity index (χ2n) is 5.96. The van der Waals surface area contributed by atoms with Crippen LogP contribution >= 0.6 is 15.9 Å². The number of piperidine rings is 1. The van der Waals surface area contributed by atoms with Crippen LogP contribution in [0.15, 0.2) is 16.6 Å². The lowest BCUT2D eigenvalue weighted by molar-refractivity contribution is 0.108. The standard InChI is InChI=1S/C16H23BrN2O/c1-18-8-5-12(6-9-18)19-10-7-13-14(11-19)16(20-2)4-3-15(13)17/h3-4,12H,5-11H2,1-2H3. The topological polar surface area (TPSA) is 15.7 Å². The summed E-state index contributed by atoms with van der Waals surface area (Å²) in [6, 6.07) is 4.94. The first-order valence-corrected chi connectivity index (χ1v) is 8.25. The van der Waals surface area contributed by atoms with Crippen LogP contribution in [0, 0.1) is 0 Å². The largest absolute Gasteiger partial charge is 0.496 e. The summed E-state index contributed by atoms with van der Waals surface area (Å²) in [6.07, 6.45) is 3.71. The SMILES string of the molecule is COc1ccc(Br)c2c1CN(C1CCN(C)CC1)CC2. The highest BCUT2D eigenvalue weighted by Gasteiger charge is 2.28. The van der Waals surface area contributed by atoms with E-state index in [-0.39, 0.29) is 0 Å². The van der Waals surface area contributed by atoms with Crippen LogP contribution in [-0.4, -0.2) is 49.6 Å². The molecule has 1 fully saturated rings. The molecule has 0 bridgehead atoms. The minimum Gasteiger partial charge on any atom is -0.496 e. The summed E-state index contributed by atoms with van der Waals surface area (Å²) in [7, 11) is 4.00. The molecule has 1 aromatic carbocycles. The minimum absolute atomic E-state index is 0.739. The van der Waals surface area contributed by atoms with Crippen molar-refractivity contribution in [1.82, 2.24) is 9.80 Å². The first-order valence-electron chi connectivity index (χ1n) is 7.46. The fourth-order valence-corrected chi connectivity index (χ4v) is 4.06. The van der Waals surface area contributed by atoms with Crippen molar-refractivity contribution in [1.29, 1.82) is 0 Å². The van der Waals surface area contributed by atoms with Crippen molar-refractivity contribution in [3.63, 3.8) is 0 Å². The third-order valence-corrected chi connectivity index (χ3v) is 5.51. The molecular formula is C16H23BrN2O. The van der Waals surface area contributed by atoms with Gasteiger partial charge < -0.3 is 9.64 Å². The van der Waals surface area contributed by atoms with E-state index in [2.05, 4.69) is 44.9 Å². The summed E-state index contributed by atoms with van der Waals surface area (Å²) in [6.45, 7) is 4.66. The van der Waals surface area contributed by atoms with E-state index in [4.69, 9.17) is 4.74 Å². The number of likely N-dealkylation sites (tertiary alicyclic amines) is 1. The van der Waals surface area contributed by atoms with E-state index in [1.165, 1.54) is 48.1 Å². The maximum absolute atomic E-state index is 5.56. The van der Waals surface area contributed by atoms with Gasteiger partial charge in [0.15, 0.2) is 0 Å². The Kier molecular flexibility index (Phi) is 4.34. The third kappa shape index (κ3) is 2.74. The number of ether oxygens (including phenoxy) is 1. The van der Waals surface area contributed by atoms with Crippen molar-refractivity contribution in [2.45, 2.75) is 31.8 Å². The molecule has 0 atom stereocenters. The molecule has 0 N–H and O–H groups in total. The Morgan fingerprint density at radius 2 is 1.90 bits per heavy atom. The number of rotatable bonds is 2. The van der Waals surface area contributed by atoms with E-state index < -0.39 is 0 Å². The Hall–Kier alpha value is -0.580. The molecule has 0 saturated carbocycles. The summed E-state index contributed by atoms with van der Waals surface area (Å²) in [5.74, 6) is 1.04. The van der Waals surface area contributed by atoms with E-state index in [0.29, 0.717) is 0 Å². The number of hydrogen-bond acceptors (Lipinski definition) is 3. The van der Waals surface area contributed by atoms with Crippen molar-refractivity contribution in [3.05, 3.63) is 27.7 Å². The Bertz CT molecular complexity index is 484. The summed E-state index contributed by atoms with van der Waals surface area (Å²) < 4.78 is 6.80. The first kappa shape index (κ1) is 14.4. The second kappa shape index (κ2) is 6.04. The molecule has 2 heterocycles. The second-order valence-corrected chi connectivity index (χ2v) is 6.82. The van der Waals surface area contributed by atoms with Gasteiger partial charge in [0, 0.05) is 29.2 Å². The lowest BCUT2D eigenvalue weighted by Gasteiger charge is -2.40. The molecule has 2 aliphatic rings. The molecule has 3 rings (SSSR count). The Labute approximate surface area is 130 Å². The maximum Gasteiger partial charge on any atom is 0.123 e. The fourth-order valence-electron chi connectivity index (χ4n) is 3.49. The minimum atomic E-state index is 0.739. The quantitative estimate of drug-likeness (QED) is 0.824. The van der Waals surface area contributed by atoms with Gasteiger partial charge in [-0.1, -0.05) is 15.9 Å². The predicted octanol–water partition coefficient (Wildman–Crippen LogP) is 2.91. The zero-order valence-electron chi connectivity index (χ0n) is 12.4. The molecule has 0 aliphatic carbocycles. The molecule has 20 heavy (non-hydrogen) atoms. The van der Waals surface area contributed by atoms with Crippen molar-refractivity contribution < 1.29 is 4.74 Å². The molecule has 1 aromatic rings. The van der Waals surface area contributed by atoms with E-state index in [0.717, 1.165) is 24.8 Å². The third-order valence-electron chi connectivity index (χ3n) is 4.77. The van der Waals surface area contributed by atoms with Crippen LogP contribution in [0.25, 0.3) is 0 Å². The molecule has 4 heteroatoms. The normalized spacial score (nSPS) is 21.8. The first-order chi connectivity index (χ1) is 9.69. The lowest BCUT2D eigenvalue weighted by Crippen LogP contribution is -2.45. The van der Waals surface area contributed by atoms with Crippen molar-refractivity contribution >= 4 is 15.9 Å². The number of benzene rings is 1. The molecule has 2 aliphatic heterocycles. The van der Waals surface area contributed by atoms with Crippen LogP contribution < -0.4 is 4.74 Å². The molecule has 0 amide bonds. The van der Waals surface area contributed by atoms with Gasteiger partial charge in [0.2, 0.25) is 0 Å². The summed E-state index contributed by atoms with van der Waals surface area (Å²) >= 11 is 3.69. The molecule has 1 saturated heterocycles. The van der Waals surface area contributed by atoms with E-state index in [1.54, 1.807) is 7.11 Å². The highest BCUT2D eigenvalue weighted by molar-refractivity contribution is 9.10. The molecule has 3 nitrogen and oxygen atoms in total. The van der Waals surface area contributed by atoms with Gasteiger partial charge in [-0.2, -0.15) is 0 Å². The van der Waals surface area contributed by atoms with Crippen LogP contribution in [0.3, 0.4) is 0 Å². The van der Waals surface area contributed by atoms with Gasteiger partial charge in [0.05, 0.1) is 7.11 Å². The number of nitrogens with zero attached hydrogens (tertiary/aromatic N) is 2. The van der Waals surface area contributed by atoms with Crippen LogP contribution in [-0.2, 0) is 13.0 Å². The Balaban J connectivity index is 1.79. The van der Waals surface area contributed by atoms with Crippen molar-refractivity contribution in [3.8, 4) is 5.75 Å². The summed E-state index contributed by atoms with van der Waals surface area (Å²) in [4.78, 5) is 5.09. The van der Waals surface area contributed by atoms with Gasteiger partial charge in [-0.3, -0.25) is 4.90 Å². The summed E-state index contributed by atoms with van der Waals surface area (Å²) in [5.41, 5.74) is 2.82. The monoisotopic (exact) mass is 338 g/mol. The predicted molar refractivity (Wildman–Crippen MR) is 85.3 cm³/mol. The van der Waals surface area contributed by atoms with Gasteiger partial charge in [0.1, 0.15) is 5.75 Å². The van der Waals surface area contributed by atoms with Gasteiger partial charge in [-0.05, 0) is 57.1 Å². The molecule has 0 unspecified atom stereocenters. The number of halogens is 1. The fraction of sp³-hybridized carbons (Fsp3) is 0.625. The maximum atomic E-state index is 5.56. The van der Waals surface area contributed by atoms with Crippen LogP contribution in [0.2, 0.25) is 0 Å². The average Bonchev–Trinajstić information content (AvgIpc) is 2.48. The van der Waals surface area contributed by atoms with Gasteiger partial charge in [-0.15, -0.1) is 0 Å². The van der Waals surface area contributed by atoms with Crippen LogP contribution in [0.4, 0.5) is 0 Å². The van der Waals surface area contributed by atoms with Crippen molar-refractivity contribution in [2.75, 3.05) is 33.8 Å². The highest BCUT2D eigenvalue weighted by atomic mass is 79.9.